The van der Waals surface area contributed by atoms with Crippen molar-refractivity contribution >= 4 is 17.7 Å². The third-order valence-electron chi connectivity index (χ3n) is 6.29. The highest BCUT2D eigenvalue weighted by molar-refractivity contribution is 5.74. The number of aryl methyl sites for hydroxylation is 2. The van der Waals surface area contributed by atoms with E-state index >= 15 is 0 Å². The van der Waals surface area contributed by atoms with E-state index in [9.17, 15) is 4.79 Å². The van der Waals surface area contributed by atoms with Gasteiger partial charge in [-0.3, -0.25) is 4.90 Å². The number of hydrogen-bond donors (Lipinski definition) is 2. The average molecular weight is 428 g/mol. The molecule has 0 aromatic heterocycles. The molecular weight excluding hydrogens is 394 g/mol. The van der Waals surface area contributed by atoms with E-state index in [0.29, 0.717) is 0 Å². The lowest BCUT2D eigenvalue weighted by molar-refractivity contribution is -0.110. The molecule has 2 atom stereocenters. The van der Waals surface area contributed by atoms with Crippen molar-refractivity contribution in [2.75, 3.05) is 30.3 Å². The SMILES string of the molecule is Cc1ccc(CCNc2ccccc2N[C@H](C=O)C(c2ccc(C)cc2)N2CCC2)cc1. The van der Waals surface area contributed by atoms with Crippen LogP contribution in [0.5, 0.6) is 0 Å². The second-order valence-electron chi connectivity index (χ2n) is 8.76. The van der Waals surface area contributed by atoms with Gasteiger partial charge >= 0.3 is 0 Å². The molecule has 0 saturated carbocycles. The number of carbonyl (C=O) groups excluding carboxylic acids is 1. The van der Waals surface area contributed by atoms with Crippen LogP contribution in [0.1, 0.15) is 34.7 Å². The molecule has 1 aliphatic heterocycles. The molecule has 1 fully saturated rings. The van der Waals surface area contributed by atoms with Crippen LogP contribution in [0.4, 0.5) is 11.4 Å². The molecule has 0 radical (unpaired) electrons. The Bertz CT molecular complexity index is 1010. The second-order valence-corrected chi connectivity index (χ2v) is 8.76. The van der Waals surface area contributed by atoms with Crippen molar-refractivity contribution in [3.63, 3.8) is 0 Å². The van der Waals surface area contributed by atoms with Gasteiger partial charge in [0, 0.05) is 19.6 Å². The van der Waals surface area contributed by atoms with E-state index in [-0.39, 0.29) is 12.1 Å². The molecule has 0 amide bonds. The van der Waals surface area contributed by atoms with Gasteiger partial charge in [-0.15, -0.1) is 0 Å². The van der Waals surface area contributed by atoms with E-state index in [1.807, 2.05) is 18.2 Å². The van der Waals surface area contributed by atoms with Gasteiger partial charge in [0.15, 0.2) is 0 Å². The Morgan fingerprint density at radius 1 is 0.875 bits per heavy atom. The number of anilines is 2. The summed E-state index contributed by atoms with van der Waals surface area (Å²) in [5, 5.41) is 7.10. The third-order valence-corrected chi connectivity index (χ3v) is 6.29. The predicted molar refractivity (Wildman–Crippen MR) is 133 cm³/mol. The first-order chi connectivity index (χ1) is 15.6. The lowest BCUT2D eigenvalue weighted by Gasteiger charge is -2.41. The first-order valence-corrected chi connectivity index (χ1v) is 11.5. The van der Waals surface area contributed by atoms with Gasteiger partial charge in [-0.25, -0.2) is 0 Å². The maximum absolute atomic E-state index is 12.3. The quantitative estimate of drug-likeness (QED) is 0.426. The van der Waals surface area contributed by atoms with Crippen LogP contribution in [0, 0.1) is 13.8 Å². The molecule has 0 aliphatic carbocycles. The largest absolute Gasteiger partial charge is 0.383 e. The summed E-state index contributed by atoms with van der Waals surface area (Å²) in [6.07, 6.45) is 3.20. The molecule has 0 spiro atoms. The van der Waals surface area contributed by atoms with Crippen LogP contribution in [-0.4, -0.2) is 36.9 Å². The maximum Gasteiger partial charge on any atom is 0.144 e. The van der Waals surface area contributed by atoms with Crippen molar-refractivity contribution in [2.24, 2.45) is 0 Å². The lowest BCUT2D eigenvalue weighted by Crippen LogP contribution is -2.47. The molecule has 3 aromatic rings. The molecule has 4 nitrogen and oxygen atoms in total. The minimum Gasteiger partial charge on any atom is -0.383 e. The summed E-state index contributed by atoms with van der Waals surface area (Å²) in [6.45, 7) is 7.09. The van der Waals surface area contributed by atoms with Crippen LogP contribution >= 0.6 is 0 Å². The Morgan fingerprint density at radius 3 is 2.09 bits per heavy atom. The van der Waals surface area contributed by atoms with Gasteiger partial charge in [0.05, 0.1) is 17.4 Å². The van der Waals surface area contributed by atoms with Crippen LogP contribution in [0.15, 0.2) is 72.8 Å². The highest BCUT2D eigenvalue weighted by atomic mass is 16.1. The number of hydrogen-bond acceptors (Lipinski definition) is 4. The highest BCUT2D eigenvalue weighted by Crippen LogP contribution is 2.32. The number of benzene rings is 3. The van der Waals surface area contributed by atoms with Crippen molar-refractivity contribution < 1.29 is 4.79 Å². The summed E-state index contributed by atoms with van der Waals surface area (Å²) < 4.78 is 0. The van der Waals surface area contributed by atoms with Crippen LogP contribution in [0.3, 0.4) is 0 Å². The van der Waals surface area contributed by atoms with Crippen molar-refractivity contribution in [2.45, 2.75) is 38.8 Å². The molecule has 4 rings (SSSR count). The van der Waals surface area contributed by atoms with Gasteiger partial charge in [0.25, 0.3) is 0 Å². The van der Waals surface area contributed by atoms with Gasteiger partial charge in [-0.05, 0) is 49.9 Å². The maximum atomic E-state index is 12.3. The zero-order valence-electron chi connectivity index (χ0n) is 19.1. The Balaban J connectivity index is 1.48. The van der Waals surface area contributed by atoms with Gasteiger partial charge in [0.1, 0.15) is 12.3 Å². The Hall–Kier alpha value is -3.11. The number of rotatable bonds is 10. The number of carbonyl (C=O) groups is 1. The number of likely N-dealkylation sites (tertiary alicyclic amines) is 1. The van der Waals surface area contributed by atoms with Crippen LogP contribution in [-0.2, 0) is 11.2 Å². The van der Waals surface area contributed by atoms with Crippen molar-refractivity contribution in [1.29, 1.82) is 0 Å². The molecule has 3 aromatic carbocycles. The van der Waals surface area contributed by atoms with Gasteiger partial charge in [-0.1, -0.05) is 71.8 Å². The molecule has 1 unspecified atom stereocenters. The molecular formula is C28H33N3O. The van der Waals surface area contributed by atoms with E-state index in [1.165, 1.54) is 28.7 Å². The minimum atomic E-state index is -0.321. The molecule has 1 aliphatic rings. The van der Waals surface area contributed by atoms with Crippen molar-refractivity contribution in [1.82, 2.24) is 4.90 Å². The first kappa shape index (κ1) is 22.1. The first-order valence-electron chi connectivity index (χ1n) is 11.5. The highest BCUT2D eigenvalue weighted by Gasteiger charge is 2.32. The average Bonchev–Trinajstić information content (AvgIpc) is 2.78. The second kappa shape index (κ2) is 10.5. The minimum absolute atomic E-state index is 0.0301. The van der Waals surface area contributed by atoms with Gasteiger partial charge < -0.3 is 15.4 Å². The fourth-order valence-electron chi connectivity index (χ4n) is 4.25. The number of nitrogens with one attached hydrogen (secondary N) is 2. The number of nitrogens with zero attached hydrogens (tertiary/aromatic N) is 1. The number of aldehydes is 1. The summed E-state index contributed by atoms with van der Waals surface area (Å²) in [4.78, 5) is 14.7. The third kappa shape index (κ3) is 5.38. The molecule has 2 N–H and O–H groups in total. The Labute approximate surface area is 191 Å². The number of para-hydroxylation sites is 2. The zero-order chi connectivity index (χ0) is 22.3. The molecule has 1 heterocycles. The van der Waals surface area contributed by atoms with E-state index in [2.05, 4.69) is 84.0 Å². The van der Waals surface area contributed by atoms with Crippen molar-refractivity contribution in [3.05, 3.63) is 95.1 Å². The Kier molecular flexibility index (Phi) is 7.23. The standard InChI is InChI=1S/C28H33N3O/c1-21-8-12-23(13-9-21)16-17-29-25-6-3-4-7-26(25)30-27(20-32)28(31-18-5-19-31)24-14-10-22(2)11-15-24/h3-4,6-15,20,27-30H,5,16-19H2,1-2H3/t27-,28?/m1/s1. The fraction of sp³-hybridized carbons (Fsp3) is 0.321. The lowest BCUT2D eigenvalue weighted by atomic mass is 9.94. The summed E-state index contributed by atoms with van der Waals surface area (Å²) in [7, 11) is 0. The predicted octanol–water partition coefficient (Wildman–Crippen LogP) is 5.38. The molecule has 4 heteroatoms. The van der Waals surface area contributed by atoms with Crippen molar-refractivity contribution in [3.8, 4) is 0 Å². The van der Waals surface area contributed by atoms with Crippen LogP contribution < -0.4 is 10.6 Å². The monoisotopic (exact) mass is 427 g/mol. The van der Waals surface area contributed by atoms with E-state index < -0.39 is 0 Å². The topological polar surface area (TPSA) is 44.4 Å². The fourth-order valence-corrected chi connectivity index (χ4v) is 4.25. The summed E-state index contributed by atoms with van der Waals surface area (Å²) in [6, 6.07) is 25.1. The van der Waals surface area contributed by atoms with Crippen LogP contribution in [0.25, 0.3) is 0 Å². The molecule has 166 valence electrons. The zero-order valence-corrected chi connectivity index (χ0v) is 19.1. The summed E-state index contributed by atoms with van der Waals surface area (Å²) >= 11 is 0. The molecule has 32 heavy (non-hydrogen) atoms. The van der Waals surface area contributed by atoms with E-state index in [4.69, 9.17) is 0 Å². The van der Waals surface area contributed by atoms with E-state index in [0.717, 1.165) is 43.7 Å². The Morgan fingerprint density at radius 2 is 1.50 bits per heavy atom. The normalized spacial score (nSPS) is 15.4. The molecule has 1 saturated heterocycles. The van der Waals surface area contributed by atoms with Gasteiger partial charge in [0.2, 0.25) is 0 Å². The summed E-state index contributed by atoms with van der Waals surface area (Å²) in [5.74, 6) is 0. The smallest absolute Gasteiger partial charge is 0.144 e. The summed E-state index contributed by atoms with van der Waals surface area (Å²) in [5.41, 5.74) is 7.00. The molecule has 0 bridgehead atoms. The van der Waals surface area contributed by atoms with Gasteiger partial charge in [-0.2, -0.15) is 0 Å². The van der Waals surface area contributed by atoms with E-state index in [1.54, 1.807) is 0 Å². The van der Waals surface area contributed by atoms with Crippen LogP contribution in [0.2, 0.25) is 0 Å².